The Morgan fingerprint density at radius 2 is 1.56 bits per heavy atom. The van der Waals surface area contributed by atoms with Gasteiger partial charge in [0.2, 0.25) is 17.9 Å². The van der Waals surface area contributed by atoms with Gasteiger partial charge in [-0.2, -0.15) is 31.3 Å². The largest absolute Gasteiger partial charge is 0.480 e. The van der Waals surface area contributed by atoms with Gasteiger partial charge in [-0.1, -0.05) is 48.5 Å². The number of halogens is 6. The molecule has 0 aliphatic rings. The van der Waals surface area contributed by atoms with Gasteiger partial charge in [0, 0.05) is 35.2 Å². The van der Waals surface area contributed by atoms with Crippen LogP contribution >= 0.6 is 0 Å². The molecular weight excluding hydrogens is 556 g/mol. The Morgan fingerprint density at radius 1 is 0.927 bits per heavy atom. The maximum atomic E-state index is 14.1. The highest BCUT2D eigenvalue weighted by atomic mass is 19.4. The van der Waals surface area contributed by atoms with E-state index in [1.54, 1.807) is 24.3 Å². The molecule has 5 N–H and O–H groups in total. The summed E-state index contributed by atoms with van der Waals surface area (Å²) in [5, 5.41) is 8.96. The first-order valence-corrected chi connectivity index (χ1v) is 11.8. The van der Waals surface area contributed by atoms with Gasteiger partial charge in [-0.3, -0.25) is 9.78 Å². The van der Waals surface area contributed by atoms with Gasteiger partial charge in [-0.15, -0.1) is 0 Å². The molecule has 0 radical (unpaired) electrons. The van der Waals surface area contributed by atoms with Crippen LogP contribution in [0.1, 0.15) is 22.8 Å². The average Bonchev–Trinajstić information content (AvgIpc) is 2.91. The van der Waals surface area contributed by atoms with Gasteiger partial charge in [0.1, 0.15) is 6.04 Å². The summed E-state index contributed by atoms with van der Waals surface area (Å²) in [7, 11) is 0. The molecule has 4 aromatic rings. The van der Waals surface area contributed by atoms with Gasteiger partial charge in [0.05, 0.1) is 11.3 Å². The second-order valence-electron chi connectivity index (χ2n) is 8.88. The average molecular weight is 577 g/mol. The Kier molecular flexibility index (Phi) is 8.14. The number of hydrogen-bond donors (Lipinski definition) is 3. The SMILES string of the molecule is Nc1nc(O[C@@H](c2ccc(-c3cnccc3C(F)(F)F)cc2)C(F)(F)F)cc(-c2ccc(C[C@H](N)C(=O)O)cc2)n1. The van der Waals surface area contributed by atoms with Crippen molar-refractivity contribution in [2.24, 2.45) is 5.73 Å². The number of rotatable bonds is 8. The van der Waals surface area contributed by atoms with Gasteiger partial charge < -0.3 is 21.3 Å². The number of anilines is 1. The summed E-state index contributed by atoms with van der Waals surface area (Å²) in [4.78, 5) is 22.4. The van der Waals surface area contributed by atoms with Crippen LogP contribution in [-0.2, 0) is 17.4 Å². The summed E-state index contributed by atoms with van der Waals surface area (Å²) in [5.41, 5.74) is 10.8. The lowest BCUT2D eigenvalue weighted by Gasteiger charge is -2.22. The van der Waals surface area contributed by atoms with E-state index in [-0.39, 0.29) is 29.2 Å². The number of alkyl halides is 6. The van der Waals surface area contributed by atoms with Crippen molar-refractivity contribution in [3.8, 4) is 28.3 Å². The van der Waals surface area contributed by atoms with Crippen molar-refractivity contribution < 1.29 is 41.0 Å². The number of benzene rings is 2. The quantitative estimate of drug-likeness (QED) is 0.236. The topological polar surface area (TPSA) is 137 Å². The number of aromatic nitrogens is 3. The molecule has 0 saturated carbocycles. The highest BCUT2D eigenvalue weighted by Gasteiger charge is 2.43. The fourth-order valence-corrected chi connectivity index (χ4v) is 3.96. The second-order valence-corrected chi connectivity index (χ2v) is 8.88. The Hall–Kier alpha value is -4.72. The summed E-state index contributed by atoms with van der Waals surface area (Å²) in [6.07, 6.45) is -10.1. The first-order valence-electron chi connectivity index (χ1n) is 11.8. The summed E-state index contributed by atoms with van der Waals surface area (Å²) in [6, 6.07) is 11.3. The van der Waals surface area contributed by atoms with Gasteiger partial charge in [-0.25, -0.2) is 4.98 Å². The minimum Gasteiger partial charge on any atom is -0.480 e. The van der Waals surface area contributed by atoms with E-state index in [2.05, 4.69) is 15.0 Å². The molecule has 2 heterocycles. The smallest absolute Gasteiger partial charge is 0.429 e. The Morgan fingerprint density at radius 3 is 2.15 bits per heavy atom. The van der Waals surface area contributed by atoms with Crippen molar-refractivity contribution in [3.63, 3.8) is 0 Å². The Labute approximate surface area is 228 Å². The first kappa shape index (κ1) is 29.3. The third-order valence-corrected chi connectivity index (χ3v) is 5.93. The zero-order chi connectivity index (χ0) is 29.9. The number of hydrogen-bond acceptors (Lipinski definition) is 7. The Bertz CT molecular complexity index is 1530. The lowest BCUT2D eigenvalue weighted by molar-refractivity contribution is -0.198. The van der Waals surface area contributed by atoms with Crippen LogP contribution in [0.4, 0.5) is 32.3 Å². The van der Waals surface area contributed by atoms with Crippen LogP contribution in [0.2, 0.25) is 0 Å². The third-order valence-electron chi connectivity index (χ3n) is 5.93. The molecule has 41 heavy (non-hydrogen) atoms. The standard InChI is InChI=1S/C27H21F6N5O3/c28-26(29,30)19-9-10-36-13-18(19)15-5-7-17(8-6-15)23(27(31,32)33)41-22-12-21(37-25(35)38-22)16-3-1-14(2-4-16)11-20(34)24(39)40/h1-10,12-13,20,23H,11,34H2,(H,39,40)(H2,35,37,38)/t20-,23-/m0/s1. The molecule has 0 spiro atoms. The lowest BCUT2D eigenvalue weighted by atomic mass is 9.99. The van der Waals surface area contributed by atoms with E-state index in [0.717, 1.165) is 48.8 Å². The van der Waals surface area contributed by atoms with E-state index >= 15 is 0 Å². The van der Waals surface area contributed by atoms with Crippen LogP contribution < -0.4 is 16.2 Å². The number of aliphatic carboxylic acids is 1. The van der Waals surface area contributed by atoms with E-state index < -0.39 is 47.5 Å². The zero-order valence-electron chi connectivity index (χ0n) is 20.8. The third kappa shape index (κ3) is 7.08. The van der Waals surface area contributed by atoms with Crippen molar-refractivity contribution >= 4 is 11.9 Å². The molecule has 0 unspecified atom stereocenters. The molecule has 14 heteroatoms. The van der Waals surface area contributed by atoms with E-state index in [1.807, 2.05) is 0 Å². The molecule has 2 aromatic heterocycles. The number of nitrogens with zero attached hydrogens (tertiary/aromatic N) is 3. The molecule has 0 aliphatic heterocycles. The van der Waals surface area contributed by atoms with Crippen LogP contribution in [0.3, 0.4) is 0 Å². The normalized spacial score (nSPS) is 13.4. The van der Waals surface area contributed by atoms with Crippen molar-refractivity contribution in [2.75, 3.05) is 5.73 Å². The first-order chi connectivity index (χ1) is 19.2. The maximum absolute atomic E-state index is 14.1. The van der Waals surface area contributed by atoms with Crippen molar-refractivity contribution in [1.82, 2.24) is 15.0 Å². The van der Waals surface area contributed by atoms with Crippen molar-refractivity contribution in [2.45, 2.75) is 30.9 Å². The van der Waals surface area contributed by atoms with Gasteiger partial charge in [0.15, 0.2) is 0 Å². The predicted molar refractivity (Wildman–Crippen MR) is 135 cm³/mol. The molecule has 2 aromatic carbocycles. The summed E-state index contributed by atoms with van der Waals surface area (Å²) in [5.74, 6) is -2.04. The maximum Gasteiger partial charge on any atom is 0.429 e. The van der Waals surface area contributed by atoms with E-state index in [1.165, 1.54) is 0 Å². The van der Waals surface area contributed by atoms with Crippen LogP contribution in [0.15, 0.2) is 73.1 Å². The minimum absolute atomic E-state index is 0.0106. The lowest BCUT2D eigenvalue weighted by Crippen LogP contribution is -2.32. The van der Waals surface area contributed by atoms with Crippen LogP contribution in [0, 0.1) is 0 Å². The van der Waals surface area contributed by atoms with Gasteiger partial charge in [0.25, 0.3) is 0 Å². The molecule has 8 nitrogen and oxygen atoms in total. The molecule has 0 fully saturated rings. The number of carboxylic acids is 1. The van der Waals surface area contributed by atoms with E-state index in [4.69, 9.17) is 21.3 Å². The van der Waals surface area contributed by atoms with E-state index in [0.29, 0.717) is 11.1 Å². The highest BCUT2D eigenvalue weighted by molar-refractivity contribution is 5.73. The number of nitrogen functional groups attached to an aromatic ring is 1. The molecule has 0 amide bonds. The molecule has 0 aliphatic carbocycles. The monoisotopic (exact) mass is 577 g/mol. The number of nitrogens with two attached hydrogens (primary N) is 2. The van der Waals surface area contributed by atoms with Gasteiger partial charge >= 0.3 is 18.3 Å². The molecule has 0 saturated heterocycles. The van der Waals surface area contributed by atoms with Crippen molar-refractivity contribution in [3.05, 3.63) is 89.7 Å². The fraction of sp³-hybridized carbons (Fsp3) is 0.185. The Balaban J connectivity index is 1.61. The summed E-state index contributed by atoms with van der Waals surface area (Å²) < 4.78 is 87.5. The van der Waals surface area contributed by atoms with Gasteiger partial charge in [-0.05, 0) is 23.6 Å². The highest BCUT2D eigenvalue weighted by Crippen LogP contribution is 2.40. The number of carbonyl (C=O) groups is 1. The van der Waals surface area contributed by atoms with Crippen LogP contribution in [0.5, 0.6) is 5.88 Å². The fourth-order valence-electron chi connectivity index (χ4n) is 3.96. The predicted octanol–water partition coefficient (Wildman–Crippen LogP) is 5.44. The molecule has 4 rings (SSSR count). The summed E-state index contributed by atoms with van der Waals surface area (Å²) in [6.45, 7) is 0. The minimum atomic E-state index is -4.93. The second kappa shape index (κ2) is 11.4. The molecule has 0 bridgehead atoms. The van der Waals surface area contributed by atoms with Crippen LogP contribution in [0.25, 0.3) is 22.4 Å². The van der Waals surface area contributed by atoms with Crippen molar-refractivity contribution in [1.29, 1.82) is 0 Å². The summed E-state index contributed by atoms with van der Waals surface area (Å²) >= 11 is 0. The molecule has 214 valence electrons. The van der Waals surface area contributed by atoms with Crippen LogP contribution in [-0.4, -0.2) is 38.2 Å². The van der Waals surface area contributed by atoms with E-state index in [9.17, 15) is 31.1 Å². The zero-order valence-corrected chi connectivity index (χ0v) is 20.8. The molecular formula is C27H21F6N5O3. The number of pyridine rings is 1. The molecule has 2 atom stereocenters. The number of ether oxygens (including phenoxy) is 1. The number of carboxylic acid groups (broad SMARTS) is 1.